The van der Waals surface area contributed by atoms with Gasteiger partial charge in [0, 0.05) is 6.54 Å². The second kappa shape index (κ2) is 5.95. The van der Waals surface area contributed by atoms with E-state index in [4.69, 9.17) is 4.74 Å². The Kier molecular flexibility index (Phi) is 4.45. The van der Waals surface area contributed by atoms with Crippen LogP contribution in [0.5, 0.6) is 5.75 Å². The summed E-state index contributed by atoms with van der Waals surface area (Å²) in [6, 6.07) is 10.1. The summed E-state index contributed by atoms with van der Waals surface area (Å²) in [6.07, 6.45) is 1.02. The van der Waals surface area contributed by atoms with Crippen molar-refractivity contribution in [2.45, 2.75) is 13.3 Å². The number of hydrogen-bond acceptors (Lipinski definition) is 3. The van der Waals surface area contributed by atoms with Crippen molar-refractivity contribution in [1.29, 1.82) is 0 Å². The summed E-state index contributed by atoms with van der Waals surface area (Å²) in [4.78, 5) is 8.03. The number of methoxy groups -OCH3 is 1. The van der Waals surface area contributed by atoms with E-state index < -0.39 is 0 Å². The van der Waals surface area contributed by atoms with Crippen molar-refractivity contribution in [2.24, 2.45) is 9.98 Å². The van der Waals surface area contributed by atoms with Gasteiger partial charge < -0.3 is 4.74 Å². The first kappa shape index (κ1) is 10.5. The van der Waals surface area contributed by atoms with Crippen molar-refractivity contribution in [1.82, 2.24) is 0 Å². The standard InChI is InChI=1S/C11H14N2O/c1-3-8-12-9-13-10-4-6-11(14-2)7-5-10/h4-7H,3,8H2,1-2H3. The molecule has 0 spiro atoms. The summed E-state index contributed by atoms with van der Waals surface area (Å²) in [5, 5.41) is 0. The van der Waals surface area contributed by atoms with Gasteiger partial charge in [-0.1, -0.05) is 6.92 Å². The van der Waals surface area contributed by atoms with Gasteiger partial charge in [0.05, 0.1) is 18.8 Å². The highest BCUT2D eigenvalue weighted by atomic mass is 16.5. The predicted octanol–water partition coefficient (Wildman–Crippen LogP) is 2.91. The molecule has 0 atom stereocenters. The van der Waals surface area contributed by atoms with E-state index >= 15 is 0 Å². The summed E-state index contributed by atoms with van der Waals surface area (Å²) in [7, 11) is 1.64. The van der Waals surface area contributed by atoms with Crippen LogP contribution in [0.15, 0.2) is 34.3 Å². The highest BCUT2D eigenvalue weighted by molar-refractivity contribution is 5.53. The molecule has 3 heteroatoms. The molecule has 0 unspecified atom stereocenters. The largest absolute Gasteiger partial charge is 0.497 e. The topological polar surface area (TPSA) is 34.0 Å². The van der Waals surface area contributed by atoms with E-state index in [9.17, 15) is 0 Å². The zero-order valence-corrected chi connectivity index (χ0v) is 8.53. The lowest BCUT2D eigenvalue weighted by Crippen LogP contribution is -1.79. The highest BCUT2D eigenvalue weighted by Crippen LogP contribution is 2.16. The minimum Gasteiger partial charge on any atom is -0.497 e. The predicted molar refractivity (Wildman–Crippen MR) is 57.7 cm³/mol. The van der Waals surface area contributed by atoms with Crippen LogP contribution in [0.2, 0.25) is 0 Å². The van der Waals surface area contributed by atoms with Crippen LogP contribution in [-0.2, 0) is 0 Å². The Morgan fingerprint density at radius 2 is 2.00 bits per heavy atom. The lowest BCUT2D eigenvalue weighted by Gasteiger charge is -1.97. The SMILES string of the molecule is CCCN=C=Nc1ccc(OC)cc1. The first-order valence-corrected chi connectivity index (χ1v) is 4.63. The second-order valence-corrected chi connectivity index (χ2v) is 2.79. The Bertz CT molecular complexity index is 324. The Morgan fingerprint density at radius 3 is 2.57 bits per heavy atom. The van der Waals surface area contributed by atoms with E-state index in [1.807, 2.05) is 24.3 Å². The number of hydrogen-bond donors (Lipinski definition) is 0. The lowest BCUT2D eigenvalue weighted by atomic mass is 10.3. The molecular weight excluding hydrogens is 176 g/mol. The van der Waals surface area contributed by atoms with E-state index in [1.54, 1.807) is 7.11 Å². The van der Waals surface area contributed by atoms with Crippen molar-refractivity contribution in [3.05, 3.63) is 24.3 Å². The van der Waals surface area contributed by atoms with Gasteiger partial charge in [-0.2, -0.15) is 4.99 Å². The van der Waals surface area contributed by atoms with Gasteiger partial charge in [-0.15, -0.1) is 0 Å². The molecule has 0 aliphatic heterocycles. The molecule has 1 aromatic carbocycles. The molecule has 1 aromatic rings. The minimum atomic E-state index is 0.777. The normalized spacial score (nSPS) is 9.00. The Balaban J connectivity index is 2.64. The highest BCUT2D eigenvalue weighted by Gasteiger charge is 1.89. The molecule has 0 aliphatic rings. The average Bonchev–Trinajstić information content (AvgIpc) is 2.25. The lowest BCUT2D eigenvalue weighted by molar-refractivity contribution is 0.415. The smallest absolute Gasteiger partial charge is 0.119 e. The molecule has 0 aromatic heterocycles. The second-order valence-electron chi connectivity index (χ2n) is 2.79. The summed E-state index contributed by atoms with van der Waals surface area (Å²) >= 11 is 0. The monoisotopic (exact) mass is 190 g/mol. The Labute approximate surface area is 84.2 Å². The number of benzene rings is 1. The molecule has 0 bridgehead atoms. The summed E-state index contributed by atoms with van der Waals surface area (Å²) in [5.41, 5.74) is 0.839. The molecule has 0 radical (unpaired) electrons. The number of aliphatic imine (C=N–C) groups is 2. The Hall–Kier alpha value is -1.60. The third-order valence-corrected chi connectivity index (χ3v) is 1.66. The third kappa shape index (κ3) is 3.42. The van der Waals surface area contributed by atoms with Crippen LogP contribution < -0.4 is 4.74 Å². The summed E-state index contributed by atoms with van der Waals surface area (Å²) in [5.74, 6) is 0.828. The van der Waals surface area contributed by atoms with Crippen molar-refractivity contribution >= 4 is 11.7 Å². The third-order valence-electron chi connectivity index (χ3n) is 1.66. The molecular formula is C11H14N2O. The van der Waals surface area contributed by atoms with Crippen molar-refractivity contribution in [3.63, 3.8) is 0 Å². The first-order valence-electron chi connectivity index (χ1n) is 4.63. The van der Waals surface area contributed by atoms with E-state index in [0.29, 0.717) is 0 Å². The van der Waals surface area contributed by atoms with Gasteiger partial charge in [0.25, 0.3) is 0 Å². The van der Waals surface area contributed by atoms with Crippen LogP contribution in [0.25, 0.3) is 0 Å². The maximum atomic E-state index is 5.03. The van der Waals surface area contributed by atoms with Crippen LogP contribution in [0.4, 0.5) is 5.69 Å². The molecule has 1 rings (SSSR count). The van der Waals surface area contributed by atoms with E-state index in [2.05, 4.69) is 22.9 Å². The fourth-order valence-corrected chi connectivity index (χ4v) is 0.912. The summed E-state index contributed by atoms with van der Waals surface area (Å²) < 4.78 is 5.03. The minimum absolute atomic E-state index is 0.777. The van der Waals surface area contributed by atoms with Crippen LogP contribution in [0.3, 0.4) is 0 Å². The van der Waals surface area contributed by atoms with Crippen molar-refractivity contribution in [3.8, 4) is 5.75 Å². The molecule has 0 saturated carbocycles. The van der Waals surface area contributed by atoms with Crippen LogP contribution in [0, 0.1) is 0 Å². The number of nitrogens with zero attached hydrogens (tertiary/aromatic N) is 2. The maximum absolute atomic E-state index is 5.03. The van der Waals surface area contributed by atoms with Crippen molar-refractivity contribution in [2.75, 3.05) is 13.7 Å². The van der Waals surface area contributed by atoms with Gasteiger partial charge in [-0.3, -0.25) is 0 Å². The molecule has 0 heterocycles. The fourth-order valence-electron chi connectivity index (χ4n) is 0.912. The molecule has 0 fully saturated rings. The van der Waals surface area contributed by atoms with Crippen molar-refractivity contribution < 1.29 is 4.74 Å². The zero-order valence-electron chi connectivity index (χ0n) is 8.53. The number of ether oxygens (including phenoxy) is 1. The van der Waals surface area contributed by atoms with Gasteiger partial charge in [0.1, 0.15) is 5.75 Å². The molecule has 74 valence electrons. The number of rotatable bonds is 4. The first-order chi connectivity index (χ1) is 6.86. The summed E-state index contributed by atoms with van der Waals surface area (Å²) in [6.45, 7) is 2.85. The quantitative estimate of drug-likeness (QED) is 0.672. The fraction of sp³-hybridized carbons (Fsp3) is 0.364. The average molecular weight is 190 g/mol. The molecule has 0 saturated heterocycles. The van der Waals surface area contributed by atoms with Crippen LogP contribution in [0.1, 0.15) is 13.3 Å². The van der Waals surface area contributed by atoms with Crippen LogP contribution >= 0.6 is 0 Å². The van der Waals surface area contributed by atoms with Crippen LogP contribution in [-0.4, -0.2) is 19.7 Å². The molecule has 0 amide bonds. The van der Waals surface area contributed by atoms with E-state index in [1.165, 1.54) is 0 Å². The zero-order chi connectivity index (χ0) is 10.2. The van der Waals surface area contributed by atoms with E-state index in [-0.39, 0.29) is 0 Å². The maximum Gasteiger partial charge on any atom is 0.119 e. The van der Waals surface area contributed by atoms with Gasteiger partial charge >= 0.3 is 0 Å². The van der Waals surface area contributed by atoms with Gasteiger partial charge in [-0.05, 0) is 30.7 Å². The van der Waals surface area contributed by atoms with E-state index in [0.717, 1.165) is 24.4 Å². The van der Waals surface area contributed by atoms with Gasteiger partial charge in [0.15, 0.2) is 0 Å². The Morgan fingerprint density at radius 1 is 1.29 bits per heavy atom. The molecule has 0 aliphatic carbocycles. The van der Waals surface area contributed by atoms with Gasteiger partial charge in [0.2, 0.25) is 0 Å². The molecule has 0 N–H and O–H groups in total. The molecule has 14 heavy (non-hydrogen) atoms. The molecule has 3 nitrogen and oxygen atoms in total. The van der Waals surface area contributed by atoms with Gasteiger partial charge in [-0.25, -0.2) is 4.99 Å².